The molecule has 0 bridgehead atoms. The Hall–Kier alpha value is -3.13. The zero-order valence-electron chi connectivity index (χ0n) is 20.9. The second kappa shape index (κ2) is 9.97. The van der Waals surface area contributed by atoms with Crippen molar-refractivity contribution in [3.63, 3.8) is 0 Å². The Morgan fingerprint density at radius 2 is 1.57 bits per heavy atom. The number of esters is 1. The van der Waals surface area contributed by atoms with Gasteiger partial charge >= 0.3 is 5.97 Å². The summed E-state index contributed by atoms with van der Waals surface area (Å²) in [4.78, 5) is 30.5. The van der Waals surface area contributed by atoms with Gasteiger partial charge in [0, 0.05) is 21.6 Å². The summed E-state index contributed by atoms with van der Waals surface area (Å²) < 4.78 is 6.05. The number of benzene rings is 3. The van der Waals surface area contributed by atoms with Gasteiger partial charge in [-0.1, -0.05) is 95.9 Å². The second-order valence-corrected chi connectivity index (χ2v) is 12.0. The minimum Gasteiger partial charge on any atom is -0.465 e. The average Bonchev–Trinajstić information content (AvgIpc) is 3.35. The molecule has 7 heteroatoms. The van der Waals surface area contributed by atoms with Crippen LogP contribution in [0.4, 0.5) is 5.69 Å². The van der Waals surface area contributed by atoms with Crippen molar-refractivity contribution in [3.8, 4) is 0 Å². The molecule has 3 aromatic rings. The summed E-state index contributed by atoms with van der Waals surface area (Å²) in [5.41, 5.74) is 4.40. The quantitative estimate of drug-likeness (QED) is 0.194. The first-order valence-corrected chi connectivity index (χ1v) is 13.8. The Morgan fingerprint density at radius 1 is 0.919 bits per heavy atom. The Morgan fingerprint density at radius 3 is 2.22 bits per heavy atom. The lowest BCUT2D eigenvalue weighted by Crippen LogP contribution is -2.56. The van der Waals surface area contributed by atoms with Crippen LogP contribution in [0.5, 0.6) is 0 Å². The summed E-state index contributed by atoms with van der Waals surface area (Å²) in [6.45, 7) is 5.99. The number of ether oxygens (including phenoxy) is 1. The van der Waals surface area contributed by atoms with Gasteiger partial charge in [0.2, 0.25) is 0 Å². The van der Waals surface area contributed by atoms with Gasteiger partial charge in [0.25, 0.3) is 5.91 Å². The number of hydrogen-bond donors (Lipinski definition) is 0. The molecule has 0 N–H and O–H groups in total. The number of methoxy groups -OCH3 is 1. The van der Waals surface area contributed by atoms with E-state index in [0.717, 1.165) is 37.1 Å². The van der Waals surface area contributed by atoms with Crippen LogP contribution in [-0.2, 0) is 9.53 Å². The Labute approximate surface area is 230 Å². The number of nitrogens with zero attached hydrogens (tertiary/aromatic N) is 1. The number of carbonyl (C=O) groups excluding carboxylic acids is 2. The fourth-order valence-electron chi connectivity index (χ4n) is 4.56. The monoisotopic (exact) mass is 543 g/mol. The normalized spacial score (nSPS) is 18.6. The molecular weight excluding hydrogens is 519 g/mol. The summed E-state index contributed by atoms with van der Waals surface area (Å²) in [6, 6.07) is 25.2. The van der Waals surface area contributed by atoms with Crippen LogP contribution in [0.1, 0.15) is 40.9 Å². The SMILES string of the molecule is COC(=O)C1=C(c2ccccc2)S/C(=C2/C(=S)C(C)(C)N(C(=O)c3ccccc3)c3ccc(C)cc32)S1. The smallest absolute Gasteiger partial charge is 0.345 e. The zero-order chi connectivity index (χ0) is 26.3. The van der Waals surface area contributed by atoms with Crippen molar-refractivity contribution >= 4 is 68.6 Å². The number of aryl methyl sites for hydroxylation is 1. The van der Waals surface area contributed by atoms with E-state index in [-0.39, 0.29) is 11.9 Å². The van der Waals surface area contributed by atoms with Gasteiger partial charge in [-0.05, 0) is 50.6 Å². The van der Waals surface area contributed by atoms with E-state index in [1.807, 2.05) is 93.6 Å². The van der Waals surface area contributed by atoms with E-state index in [4.69, 9.17) is 17.0 Å². The van der Waals surface area contributed by atoms with E-state index in [2.05, 4.69) is 6.07 Å². The third kappa shape index (κ3) is 4.45. The first-order valence-electron chi connectivity index (χ1n) is 11.8. The molecule has 0 saturated carbocycles. The maximum Gasteiger partial charge on any atom is 0.345 e. The first-order chi connectivity index (χ1) is 17.7. The number of anilines is 1. The van der Waals surface area contributed by atoms with Crippen molar-refractivity contribution in [2.75, 3.05) is 12.0 Å². The van der Waals surface area contributed by atoms with E-state index in [1.165, 1.54) is 30.6 Å². The van der Waals surface area contributed by atoms with Gasteiger partial charge < -0.3 is 4.74 Å². The van der Waals surface area contributed by atoms with Crippen LogP contribution in [0.25, 0.3) is 10.5 Å². The van der Waals surface area contributed by atoms with E-state index in [1.54, 1.807) is 4.90 Å². The van der Waals surface area contributed by atoms with Gasteiger partial charge in [0.1, 0.15) is 4.91 Å². The Balaban J connectivity index is 1.69. The highest BCUT2D eigenvalue weighted by atomic mass is 32.2. The first kappa shape index (κ1) is 25.5. The number of amides is 1. The molecular formula is C30H25NO3S3. The predicted octanol–water partition coefficient (Wildman–Crippen LogP) is 7.49. The van der Waals surface area contributed by atoms with Crippen molar-refractivity contribution in [1.82, 2.24) is 0 Å². The summed E-state index contributed by atoms with van der Waals surface area (Å²) in [7, 11) is 1.40. The molecule has 2 heterocycles. The van der Waals surface area contributed by atoms with Crippen molar-refractivity contribution in [1.29, 1.82) is 0 Å². The molecule has 4 nitrogen and oxygen atoms in total. The van der Waals surface area contributed by atoms with Gasteiger partial charge in [-0.3, -0.25) is 9.69 Å². The molecule has 0 aromatic heterocycles. The van der Waals surface area contributed by atoms with Crippen LogP contribution in [0.15, 0.2) is 88.0 Å². The highest BCUT2D eigenvalue weighted by Crippen LogP contribution is 2.58. The number of thioether (sulfide) groups is 2. The predicted molar refractivity (Wildman–Crippen MR) is 159 cm³/mol. The van der Waals surface area contributed by atoms with Crippen LogP contribution in [-0.4, -0.2) is 29.4 Å². The topological polar surface area (TPSA) is 46.6 Å². The summed E-state index contributed by atoms with van der Waals surface area (Å²) >= 11 is 9.06. The van der Waals surface area contributed by atoms with Crippen LogP contribution >= 0.6 is 35.7 Å². The van der Waals surface area contributed by atoms with E-state index >= 15 is 0 Å². The summed E-state index contributed by atoms with van der Waals surface area (Å²) in [6.07, 6.45) is 0. The lowest BCUT2D eigenvalue weighted by atomic mass is 9.82. The molecule has 3 aromatic carbocycles. The molecule has 0 atom stereocenters. The number of thiocarbonyl (C=S) groups is 1. The van der Waals surface area contributed by atoms with Crippen molar-refractivity contribution in [2.45, 2.75) is 26.3 Å². The summed E-state index contributed by atoms with van der Waals surface area (Å²) in [5, 5.41) is 0. The molecule has 0 fully saturated rings. The number of hydrogen-bond acceptors (Lipinski definition) is 6. The highest BCUT2D eigenvalue weighted by Gasteiger charge is 2.45. The van der Waals surface area contributed by atoms with Crippen molar-refractivity contribution in [3.05, 3.63) is 110 Å². The number of rotatable bonds is 3. The van der Waals surface area contributed by atoms with Crippen LogP contribution in [0.2, 0.25) is 0 Å². The number of carbonyl (C=O) groups is 2. The van der Waals surface area contributed by atoms with Gasteiger partial charge in [0.15, 0.2) is 0 Å². The van der Waals surface area contributed by atoms with Crippen molar-refractivity contribution in [2.24, 2.45) is 0 Å². The van der Waals surface area contributed by atoms with Gasteiger partial charge in [0.05, 0.1) is 27.4 Å². The molecule has 0 unspecified atom stereocenters. The molecule has 2 aliphatic heterocycles. The van der Waals surface area contributed by atoms with Gasteiger partial charge in [-0.25, -0.2) is 4.79 Å². The third-order valence-electron chi connectivity index (χ3n) is 6.43. The van der Waals surface area contributed by atoms with E-state index < -0.39 is 5.54 Å². The lowest BCUT2D eigenvalue weighted by Gasteiger charge is -2.45. The van der Waals surface area contributed by atoms with E-state index in [9.17, 15) is 9.59 Å². The maximum absolute atomic E-state index is 13.8. The molecule has 0 saturated heterocycles. The average molecular weight is 544 g/mol. The third-order valence-corrected chi connectivity index (χ3v) is 9.77. The van der Waals surface area contributed by atoms with Gasteiger partial charge in [-0.2, -0.15) is 0 Å². The molecule has 0 radical (unpaired) electrons. The second-order valence-electron chi connectivity index (χ2n) is 9.30. The number of fused-ring (bicyclic) bond motifs is 1. The maximum atomic E-state index is 13.8. The molecule has 37 heavy (non-hydrogen) atoms. The Kier molecular flexibility index (Phi) is 6.88. The molecule has 186 valence electrons. The summed E-state index contributed by atoms with van der Waals surface area (Å²) in [5.74, 6) is -0.481. The van der Waals surface area contributed by atoms with Crippen LogP contribution < -0.4 is 4.90 Å². The minimum atomic E-state index is -0.783. The van der Waals surface area contributed by atoms with Crippen LogP contribution in [0, 0.1) is 6.92 Å². The van der Waals surface area contributed by atoms with Crippen molar-refractivity contribution < 1.29 is 14.3 Å². The standard InChI is InChI=1S/C30H25NO3S3/c1-18-15-16-22-21(17-18)23(26(35)30(2,3)31(22)27(32)20-13-9-6-10-14-20)29-36-24(19-11-7-5-8-12-19)25(37-29)28(33)34-4/h5-17H,1-4H3/b29-23-. The highest BCUT2D eigenvalue weighted by molar-refractivity contribution is 8.32. The largest absolute Gasteiger partial charge is 0.465 e. The van der Waals surface area contributed by atoms with Gasteiger partial charge in [-0.15, -0.1) is 0 Å². The molecule has 1 amide bonds. The fourth-order valence-corrected chi connectivity index (χ4v) is 7.71. The Bertz CT molecular complexity index is 1490. The molecule has 2 aliphatic rings. The van der Waals surface area contributed by atoms with E-state index in [0.29, 0.717) is 15.3 Å². The molecule has 5 rings (SSSR count). The zero-order valence-corrected chi connectivity index (χ0v) is 23.4. The minimum absolute atomic E-state index is 0.104. The van der Waals surface area contributed by atoms with Crippen LogP contribution in [0.3, 0.4) is 0 Å². The molecule has 0 spiro atoms. The fraction of sp³-hybridized carbons (Fsp3) is 0.167. The lowest BCUT2D eigenvalue weighted by molar-refractivity contribution is -0.135. The molecule has 0 aliphatic carbocycles.